The van der Waals surface area contributed by atoms with Crippen molar-refractivity contribution < 1.29 is 4.74 Å². The van der Waals surface area contributed by atoms with E-state index >= 15 is 0 Å². The zero-order valence-corrected chi connectivity index (χ0v) is 12.0. The molecule has 4 heteroatoms. The molecule has 0 aromatic heterocycles. The largest absolute Gasteiger partial charge is 0.480 e. The molecular formula is C14H15BrN2O. The van der Waals surface area contributed by atoms with E-state index in [-0.39, 0.29) is 6.61 Å². The summed E-state index contributed by atoms with van der Waals surface area (Å²) in [5.41, 5.74) is 0.957. The van der Waals surface area contributed by atoms with Crippen LogP contribution >= 0.6 is 15.9 Å². The fraction of sp³-hybridized carbons (Fsp3) is 0.214. The average molecular weight is 307 g/mol. The van der Waals surface area contributed by atoms with Gasteiger partial charge in [0.25, 0.3) is 0 Å². The van der Waals surface area contributed by atoms with Crippen LogP contribution in [0.2, 0.25) is 0 Å². The third-order valence-corrected chi connectivity index (χ3v) is 2.44. The number of hydrazone groups is 1. The molecule has 0 radical (unpaired) electrons. The minimum absolute atomic E-state index is 0.253. The fourth-order valence-electron chi connectivity index (χ4n) is 1.21. The van der Waals surface area contributed by atoms with Gasteiger partial charge in [-0.05, 0) is 24.3 Å². The van der Waals surface area contributed by atoms with E-state index < -0.39 is 0 Å². The quantitative estimate of drug-likeness (QED) is 0.474. The number of benzene rings is 1. The second kappa shape index (κ2) is 7.57. The van der Waals surface area contributed by atoms with Crippen molar-refractivity contribution in [2.75, 3.05) is 20.7 Å². The zero-order valence-electron chi connectivity index (χ0n) is 10.4. The Labute approximate surface area is 116 Å². The lowest BCUT2D eigenvalue weighted by Gasteiger charge is -2.06. The molecule has 0 saturated heterocycles. The molecule has 1 rings (SSSR count). The van der Waals surface area contributed by atoms with Gasteiger partial charge in [-0.25, -0.2) is 0 Å². The van der Waals surface area contributed by atoms with E-state index in [0.717, 1.165) is 15.8 Å². The Morgan fingerprint density at radius 3 is 2.94 bits per heavy atom. The molecule has 0 N–H and O–H groups in total. The molecule has 0 saturated carbocycles. The molecule has 94 valence electrons. The van der Waals surface area contributed by atoms with Crippen molar-refractivity contribution in [3.63, 3.8) is 0 Å². The summed E-state index contributed by atoms with van der Waals surface area (Å²) in [5.74, 6) is 3.20. The highest BCUT2D eigenvalue weighted by Crippen LogP contribution is 2.24. The molecule has 0 aliphatic carbocycles. The molecule has 0 fully saturated rings. The Bertz CT molecular complexity index is 487. The van der Waals surface area contributed by atoms with Crippen LogP contribution in [0.4, 0.5) is 0 Å². The van der Waals surface area contributed by atoms with Gasteiger partial charge in [0.15, 0.2) is 0 Å². The smallest absolute Gasteiger partial charge is 0.148 e. The van der Waals surface area contributed by atoms with Gasteiger partial charge in [0.2, 0.25) is 0 Å². The first-order chi connectivity index (χ1) is 8.63. The summed E-state index contributed by atoms with van der Waals surface area (Å²) >= 11 is 3.40. The zero-order chi connectivity index (χ0) is 13.4. The fourth-order valence-corrected chi connectivity index (χ4v) is 1.55. The molecule has 18 heavy (non-hydrogen) atoms. The Morgan fingerprint density at radius 1 is 1.50 bits per heavy atom. The minimum Gasteiger partial charge on any atom is -0.480 e. The molecule has 3 nitrogen and oxygen atoms in total. The van der Waals surface area contributed by atoms with Crippen LogP contribution in [0.1, 0.15) is 5.56 Å². The SMILES string of the molecule is C#CCOc1cc(Br)ccc1C=CC=NN(C)C. The van der Waals surface area contributed by atoms with Crippen molar-refractivity contribution in [1.29, 1.82) is 0 Å². The number of hydrogen-bond acceptors (Lipinski definition) is 3. The summed E-state index contributed by atoms with van der Waals surface area (Å²) in [6.45, 7) is 0.253. The second-order valence-electron chi connectivity index (χ2n) is 3.65. The standard InChI is InChI=1S/C14H15BrN2O/c1-4-10-18-14-11-13(15)8-7-12(14)6-5-9-16-17(2)3/h1,5-9,11H,10H2,2-3H3. The van der Waals surface area contributed by atoms with E-state index in [9.17, 15) is 0 Å². The maximum Gasteiger partial charge on any atom is 0.148 e. The van der Waals surface area contributed by atoms with Crippen LogP contribution in [0, 0.1) is 12.3 Å². The van der Waals surface area contributed by atoms with Gasteiger partial charge in [-0.1, -0.05) is 27.9 Å². The van der Waals surface area contributed by atoms with Crippen molar-refractivity contribution in [3.8, 4) is 18.1 Å². The van der Waals surface area contributed by atoms with Crippen LogP contribution in [0.25, 0.3) is 6.08 Å². The minimum atomic E-state index is 0.253. The highest BCUT2D eigenvalue weighted by molar-refractivity contribution is 9.10. The van der Waals surface area contributed by atoms with Crippen molar-refractivity contribution in [3.05, 3.63) is 34.3 Å². The maximum atomic E-state index is 5.47. The molecule has 0 bridgehead atoms. The van der Waals surface area contributed by atoms with Gasteiger partial charge in [0.05, 0.1) is 0 Å². The maximum absolute atomic E-state index is 5.47. The van der Waals surface area contributed by atoms with E-state index in [2.05, 4.69) is 27.0 Å². The van der Waals surface area contributed by atoms with Gasteiger partial charge in [-0.2, -0.15) is 5.10 Å². The van der Waals surface area contributed by atoms with Crippen LogP contribution in [0.5, 0.6) is 5.75 Å². The molecule has 1 aromatic rings. The van der Waals surface area contributed by atoms with Gasteiger partial charge in [0.1, 0.15) is 12.4 Å². The lowest BCUT2D eigenvalue weighted by atomic mass is 10.2. The third kappa shape index (κ3) is 5.07. The summed E-state index contributed by atoms with van der Waals surface area (Å²) in [5, 5.41) is 5.81. The molecular weight excluding hydrogens is 292 g/mol. The molecule has 1 aromatic carbocycles. The Balaban J connectivity index is 2.84. The molecule has 0 amide bonds. The molecule has 0 spiro atoms. The normalized spacial score (nSPS) is 10.8. The van der Waals surface area contributed by atoms with Crippen molar-refractivity contribution in [2.45, 2.75) is 0 Å². The number of rotatable bonds is 5. The number of ether oxygens (including phenoxy) is 1. The van der Waals surface area contributed by atoms with Gasteiger partial charge in [-0.3, -0.25) is 0 Å². The van der Waals surface area contributed by atoms with Gasteiger partial charge in [-0.15, -0.1) is 6.42 Å². The average Bonchev–Trinajstić information content (AvgIpc) is 2.33. The summed E-state index contributed by atoms with van der Waals surface area (Å²) in [4.78, 5) is 0. The molecule has 0 heterocycles. The monoisotopic (exact) mass is 306 g/mol. The Morgan fingerprint density at radius 2 is 2.28 bits per heavy atom. The Hall–Kier alpha value is -1.73. The van der Waals surface area contributed by atoms with E-state index in [1.165, 1.54) is 0 Å². The number of nitrogens with zero attached hydrogens (tertiary/aromatic N) is 2. The van der Waals surface area contributed by atoms with Crippen molar-refractivity contribution >= 4 is 28.2 Å². The first kappa shape index (κ1) is 14.3. The summed E-state index contributed by atoms with van der Waals surface area (Å²) < 4.78 is 6.43. The summed E-state index contributed by atoms with van der Waals surface area (Å²) in [6.07, 6.45) is 10.7. The van der Waals surface area contributed by atoms with Gasteiger partial charge < -0.3 is 9.75 Å². The third-order valence-electron chi connectivity index (χ3n) is 1.95. The van der Waals surface area contributed by atoms with E-state index in [1.807, 2.05) is 44.4 Å². The summed E-state index contributed by atoms with van der Waals surface area (Å²) in [7, 11) is 3.73. The first-order valence-electron chi connectivity index (χ1n) is 5.37. The molecule has 0 atom stereocenters. The van der Waals surface area contributed by atoms with Gasteiger partial charge in [0, 0.05) is 30.3 Å². The van der Waals surface area contributed by atoms with Crippen LogP contribution in [-0.2, 0) is 0 Å². The Kier molecular flexibility index (Phi) is 6.03. The van der Waals surface area contributed by atoms with Crippen LogP contribution in [0.15, 0.2) is 33.8 Å². The number of terminal acetylenes is 1. The lowest BCUT2D eigenvalue weighted by Crippen LogP contribution is -2.00. The molecule has 0 unspecified atom stereocenters. The number of halogens is 1. The van der Waals surface area contributed by atoms with Crippen molar-refractivity contribution in [1.82, 2.24) is 5.01 Å². The predicted octanol–water partition coefficient (Wildman–Crippen LogP) is 3.02. The van der Waals surface area contributed by atoms with Gasteiger partial charge >= 0.3 is 0 Å². The number of hydrogen-bond donors (Lipinski definition) is 0. The first-order valence-corrected chi connectivity index (χ1v) is 6.16. The van der Waals surface area contributed by atoms with Crippen molar-refractivity contribution in [2.24, 2.45) is 5.10 Å². The van der Waals surface area contributed by atoms with E-state index in [4.69, 9.17) is 11.2 Å². The van der Waals surface area contributed by atoms with E-state index in [0.29, 0.717) is 0 Å². The summed E-state index contributed by atoms with van der Waals surface area (Å²) in [6, 6.07) is 5.79. The van der Waals surface area contributed by atoms with Crippen LogP contribution < -0.4 is 4.74 Å². The lowest BCUT2D eigenvalue weighted by molar-refractivity contribution is 0.369. The number of allylic oxidation sites excluding steroid dienone is 1. The van der Waals surface area contributed by atoms with E-state index in [1.54, 1.807) is 11.2 Å². The molecule has 0 aliphatic heterocycles. The molecule has 0 aliphatic rings. The predicted molar refractivity (Wildman–Crippen MR) is 79.7 cm³/mol. The van der Waals surface area contributed by atoms with Crippen LogP contribution in [0.3, 0.4) is 0 Å². The highest BCUT2D eigenvalue weighted by Gasteiger charge is 2.00. The highest BCUT2D eigenvalue weighted by atomic mass is 79.9. The topological polar surface area (TPSA) is 24.8 Å². The second-order valence-corrected chi connectivity index (χ2v) is 4.56. The van der Waals surface area contributed by atoms with Crippen LogP contribution in [-0.4, -0.2) is 31.9 Å².